The van der Waals surface area contributed by atoms with Crippen LogP contribution in [-0.4, -0.2) is 15.7 Å². The van der Waals surface area contributed by atoms with E-state index in [-0.39, 0.29) is 11.7 Å². The molecule has 110 valence electrons. The molecule has 0 saturated carbocycles. The van der Waals surface area contributed by atoms with Gasteiger partial charge < -0.3 is 5.32 Å². The van der Waals surface area contributed by atoms with Gasteiger partial charge in [-0.3, -0.25) is 4.79 Å². The highest BCUT2D eigenvalue weighted by Gasteiger charge is 2.05. The zero-order valence-electron chi connectivity index (χ0n) is 12.0. The second kappa shape index (κ2) is 5.81. The molecule has 22 heavy (non-hydrogen) atoms. The smallest absolute Gasteiger partial charge is 0.221 e. The van der Waals surface area contributed by atoms with Gasteiger partial charge in [0.05, 0.1) is 11.9 Å². The SMILES string of the molecule is CC(=O)Nc1cccc(-c2cnn(-c3ccc(F)cc3)c2)c1. The van der Waals surface area contributed by atoms with Crippen molar-refractivity contribution in [3.63, 3.8) is 0 Å². The Balaban J connectivity index is 1.90. The maximum Gasteiger partial charge on any atom is 0.221 e. The number of amides is 1. The summed E-state index contributed by atoms with van der Waals surface area (Å²) >= 11 is 0. The van der Waals surface area contributed by atoms with Gasteiger partial charge in [0, 0.05) is 24.4 Å². The summed E-state index contributed by atoms with van der Waals surface area (Å²) in [5, 5.41) is 7.04. The highest BCUT2D eigenvalue weighted by Crippen LogP contribution is 2.23. The minimum Gasteiger partial charge on any atom is -0.326 e. The topological polar surface area (TPSA) is 46.9 Å². The van der Waals surface area contributed by atoms with Gasteiger partial charge in [0.25, 0.3) is 0 Å². The number of hydrogen-bond acceptors (Lipinski definition) is 2. The van der Waals surface area contributed by atoms with Gasteiger partial charge >= 0.3 is 0 Å². The molecule has 0 bridgehead atoms. The molecular weight excluding hydrogens is 281 g/mol. The molecule has 0 atom stereocenters. The van der Waals surface area contributed by atoms with E-state index < -0.39 is 0 Å². The Hall–Kier alpha value is -2.95. The lowest BCUT2D eigenvalue weighted by Crippen LogP contribution is -2.05. The van der Waals surface area contributed by atoms with Crippen LogP contribution in [0.5, 0.6) is 0 Å². The monoisotopic (exact) mass is 295 g/mol. The Morgan fingerprint density at radius 2 is 1.91 bits per heavy atom. The molecule has 1 amide bonds. The highest BCUT2D eigenvalue weighted by atomic mass is 19.1. The first kappa shape index (κ1) is 14.0. The van der Waals surface area contributed by atoms with Gasteiger partial charge in [0.15, 0.2) is 0 Å². The Morgan fingerprint density at radius 1 is 1.14 bits per heavy atom. The Bertz CT molecular complexity index is 809. The Labute approximate surface area is 127 Å². The first-order chi connectivity index (χ1) is 10.6. The maximum atomic E-state index is 13.0. The first-order valence-electron chi connectivity index (χ1n) is 6.80. The zero-order valence-corrected chi connectivity index (χ0v) is 12.0. The molecule has 3 rings (SSSR count). The van der Waals surface area contributed by atoms with E-state index in [1.807, 2.05) is 30.5 Å². The summed E-state index contributed by atoms with van der Waals surface area (Å²) in [7, 11) is 0. The van der Waals surface area contributed by atoms with Crippen molar-refractivity contribution in [2.75, 3.05) is 5.32 Å². The second-order valence-corrected chi connectivity index (χ2v) is 4.91. The highest BCUT2D eigenvalue weighted by molar-refractivity contribution is 5.89. The molecule has 0 aliphatic rings. The van der Waals surface area contributed by atoms with E-state index in [0.29, 0.717) is 0 Å². The number of rotatable bonds is 3. The molecule has 1 heterocycles. The van der Waals surface area contributed by atoms with Crippen LogP contribution in [0.1, 0.15) is 6.92 Å². The fourth-order valence-electron chi connectivity index (χ4n) is 2.19. The summed E-state index contributed by atoms with van der Waals surface area (Å²) in [5.74, 6) is -0.390. The molecule has 0 aliphatic heterocycles. The van der Waals surface area contributed by atoms with E-state index in [0.717, 1.165) is 22.5 Å². The van der Waals surface area contributed by atoms with Crippen LogP contribution < -0.4 is 5.32 Å². The molecule has 3 aromatic rings. The summed E-state index contributed by atoms with van der Waals surface area (Å²) in [6, 6.07) is 13.7. The van der Waals surface area contributed by atoms with Gasteiger partial charge in [-0.25, -0.2) is 9.07 Å². The Kier molecular flexibility index (Phi) is 3.70. The van der Waals surface area contributed by atoms with E-state index in [1.54, 1.807) is 23.0 Å². The minimum atomic E-state index is -0.279. The van der Waals surface area contributed by atoms with Crippen molar-refractivity contribution in [1.29, 1.82) is 0 Å². The largest absolute Gasteiger partial charge is 0.326 e. The predicted molar refractivity (Wildman–Crippen MR) is 83.3 cm³/mol. The average Bonchev–Trinajstić information content (AvgIpc) is 2.97. The fourth-order valence-corrected chi connectivity index (χ4v) is 2.19. The van der Waals surface area contributed by atoms with Crippen molar-refractivity contribution < 1.29 is 9.18 Å². The van der Waals surface area contributed by atoms with Crippen LogP contribution in [0.3, 0.4) is 0 Å². The number of hydrogen-bond donors (Lipinski definition) is 1. The normalized spacial score (nSPS) is 10.5. The molecule has 0 fully saturated rings. The van der Waals surface area contributed by atoms with Gasteiger partial charge in [-0.05, 0) is 42.0 Å². The van der Waals surface area contributed by atoms with Gasteiger partial charge in [0.2, 0.25) is 5.91 Å². The number of carbonyl (C=O) groups is 1. The van der Waals surface area contributed by atoms with Crippen molar-refractivity contribution in [2.24, 2.45) is 0 Å². The van der Waals surface area contributed by atoms with Crippen LogP contribution in [-0.2, 0) is 4.79 Å². The number of nitrogens with zero attached hydrogens (tertiary/aromatic N) is 2. The van der Waals surface area contributed by atoms with Crippen molar-refractivity contribution in [3.05, 3.63) is 66.7 Å². The second-order valence-electron chi connectivity index (χ2n) is 4.91. The number of benzene rings is 2. The third-order valence-corrected chi connectivity index (χ3v) is 3.19. The number of nitrogens with one attached hydrogen (secondary N) is 1. The summed E-state index contributed by atoms with van der Waals surface area (Å²) in [4.78, 5) is 11.1. The van der Waals surface area contributed by atoms with Gasteiger partial charge in [-0.1, -0.05) is 12.1 Å². The summed E-state index contributed by atoms with van der Waals surface area (Å²) in [5.41, 5.74) is 3.38. The maximum absolute atomic E-state index is 13.0. The van der Waals surface area contributed by atoms with E-state index in [2.05, 4.69) is 10.4 Å². The Morgan fingerprint density at radius 3 is 2.64 bits per heavy atom. The summed E-state index contributed by atoms with van der Waals surface area (Å²) < 4.78 is 14.6. The molecule has 0 saturated heterocycles. The lowest BCUT2D eigenvalue weighted by Gasteiger charge is -2.04. The lowest BCUT2D eigenvalue weighted by molar-refractivity contribution is -0.114. The predicted octanol–water partition coefficient (Wildman–Crippen LogP) is 3.64. The fraction of sp³-hybridized carbons (Fsp3) is 0.0588. The van der Waals surface area contributed by atoms with Crippen molar-refractivity contribution in [3.8, 4) is 16.8 Å². The molecule has 0 aliphatic carbocycles. The number of carbonyl (C=O) groups excluding carboxylic acids is 1. The molecule has 0 unspecified atom stereocenters. The average molecular weight is 295 g/mol. The molecule has 0 spiro atoms. The van der Waals surface area contributed by atoms with Crippen molar-refractivity contribution in [1.82, 2.24) is 9.78 Å². The molecular formula is C17H14FN3O. The van der Waals surface area contributed by atoms with E-state index in [9.17, 15) is 9.18 Å². The van der Waals surface area contributed by atoms with E-state index >= 15 is 0 Å². The number of anilines is 1. The van der Waals surface area contributed by atoms with Crippen LogP contribution in [0.4, 0.5) is 10.1 Å². The summed E-state index contributed by atoms with van der Waals surface area (Å²) in [6.45, 7) is 1.47. The van der Waals surface area contributed by atoms with Gasteiger partial charge in [-0.2, -0.15) is 5.10 Å². The quantitative estimate of drug-likeness (QED) is 0.802. The van der Waals surface area contributed by atoms with E-state index in [4.69, 9.17) is 0 Å². The summed E-state index contributed by atoms with van der Waals surface area (Å²) in [6.07, 6.45) is 3.59. The van der Waals surface area contributed by atoms with Crippen LogP contribution in [0.15, 0.2) is 60.9 Å². The molecule has 5 heteroatoms. The van der Waals surface area contributed by atoms with Crippen molar-refractivity contribution >= 4 is 11.6 Å². The molecule has 2 aromatic carbocycles. The van der Waals surface area contributed by atoms with Crippen molar-refractivity contribution in [2.45, 2.75) is 6.92 Å². The molecule has 4 nitrogen and oxygen atoms in total. The van der Waals surface area contributed by atoms with Crippen LogP contribution in [0, 0.1) is 5.82 Å². The standard InChI is InChI=1S/C17H14FN3O/c1-12(22)20-16-4-2-3-13(9-16)14-10-19-21(11-14)17-7-5-15(18)6-8-17/h2-11H,1H3,(H,20,22). The third-order valence-electron chi connectivity index (χ3n) is 3.19. The van der Waals surface area contributed by atoms with Gasteiger partial charge in [-0.15, -0.1) is 0 Å². The zero-order chi connectivity index (χ0) is 15.5. The van der Waals surface area contributed by atoms with Crippen LogP contribution in [0.2, 0.25) is 0 Å². The van der Waals surface area contributed by atoms with E-state index in [1.165, 1.54) is 19.1 Å². The minimum absolute atomic E-state index is 0.112. The van der Waals surface area contributed by atoms with Crippen LogP contribution >= 0.6 is 0 Å². The molecule has 0 radical (unpaired) electrons. The van der Waals surface area contributed by atoms with Crippen LogP contribution in [0.25, 0.3) is 16.8 Å². The van der Waals surface area contributed by atoms with Gasteiger partial charge in [0.1, 0.15) is 5.82 Å². The molecule has 1 N–H and O–H groups in total. The lowest BCUT2D eigenvalue weighted by atomic mass is 10.1. The number of halogens is 1. The third kappa shape index (κ3) is 3.03. The first-order valence-corrected chi connectivity index (χ1v) is 6.80. The molecule has 1 aromatic heterocycles. The number of aromatic nitrogens is 2.